The summed E-state index contributed by atoms with van der Waals surface area (Å²) in [7, 11) is 1.44. The number of benzene rings is 3. The summed E-state index contributed by atoms with van der Waals surface area (Å²) in [6.07, 6.45) is 0. The van der Waals surface area contributed by atoms with Gasteiger partial charge in [0.2, 0.25) is 0 Å². The molecule has 1 heterocycles. The van der Waals surface area contributed by atoms with Gasteiger partial charge in [0, 0.05) is 5.02 Å². The number of nitrogens with one attached hydrogen (secondary N) is 1. The lowest BCUT2D eigenvalue weighted by atomic mass is 10.1. The molecule has 4 rings (SSSR count). The van der Waals surface area contributed by atoms with Crippen LogP contribution < -0.4 is 15.0 Å². The van der Waals surface area contributed by atoms with Crippen molar-refractivity contribution in [2.75, 3.05) is 23.9 Å². The Labute approximate surface area is 206 Å². The highest BCUT2D eigenvalue weighted by molar-refractivity contribution is 6.35. The Kier molecular flexibility index (Phi) is 6.57. The van der Waals surface area contributed by atoms with Crippen molar-refractivity contribution in [3.05, 3.63) is 87.4 Å². The number of amides is 3. The van der Waals surface area contributed by atoms with Crippen molar-refractivity contribution in [1.29, 1.82) is 0 Å². The first-order valence-corrected chi connectivity index (χ1v) is 11.0. The summed E-state index contributed by atoms with van der Waals surface area (Å²) in [6.45, 7) is 3.10. The molecule has 0 spiro atoms. The summed E-state index contributed by atoms with van der Waals surface area (Å²) in [5.74, 6) is -2.02. The fraction of sp³-hybridized carbons (Fsp3) is 0.154. The minimum absolute atomic E-state index is 0.0425. The highest BCUT2D eigenvalue weighted by Gasteiger charge is 2.38. The van der Waals surface area contributed by atoms with E-state index < -0.39 is 30.3 Å². The summed E-state index contributed by atoms with van der Waals surface area (Å²) in [5, 5.41) is 2.96. The Bertz CT molecular complexity index is 1380. The van der Waals surface area contributed by atoms with E-state index in [-0.39, 0.29) is 16.7 Å². The van der Waals surface area contributed by atoms with Gasteiger partial charge >= 0.3 is 5.97 Å². The van der Waals surface area contributed by atoms with E-state index in [1.54, 1.807) is 18.2 Å². The highest BCUT2D eigenvalue weighted by atomic mass is 35.5. The molecule has 0 unspecified atom stereocenters. The largest absolute Gasteiger partial charge is 0.495 e. The van der Waals surface area contributed by atoms with E-state index in [1.165, 1.54) is 31.4 Å². The van der Waals surface area contributed by atoms with E-state index in [0.717, 1.165) is 16.0 Å². The van der Waals surface area contributed by atoms with Crippen molar-refractivity contribution in [3.8, 4) is 5.75 Å². The highest BCUT2D eigenvalue weighted by Crippen LogP contribution is 2.32. The van der Waals surface area contributed by atoms with E-state index in [0.29, 0.717) is 22.1 Å². The lowest BCUT2D eigenvalue weighted by Gasteiger charge is -2.17. The van der Waals surface area contributed by atoms with Crippen molar-refractivity contribution in [1.82, 2.24) is 0 Å². The lowest BCUT2D eigenvalue weighted by molar-refractivity contribution is -0.119. The number of ether oxygens (including phenoxy) is 2. The molecule has 0 bridgehead atoms. The third-order valence-corrected chi connectivity index (χ3v) is 5.73. The zero-order valence-electron chi connectivity index (χ0n) is 19.2. The number of carbonyl (C=O) groups is 4. The summed E-state index contributed by atoms with van der Waals surface area (Å²) < 4.78 is 10.3. The van der Waals surface area contributed by atoms with E-state index in [4.69, 9.17) is 21.1 Å². The number of halogens is 1. The molecule has 0 aromatic heterocycles. The van der Waals surface area contributed by atoms with Crippen LogP contribution in [0.3, 0.4) is 0 Å². The number of aryl methyl sites for hydroxylation is 2. The van der Waals surface area contributed by atoms with Gasteiger partial charge in [-0.3, -0.25) is 14.4 Å². The van der Waals surface area contributed by atoms with Crippen LogP contribution in [0.5, 0.6) is 5.75 Å². The molecule has 0 radical (unpaired) electrons. The SMILES string of the molecule is COc1ccc(Cl)cc1NC(=O)COC(=O)c1ccc2c(c1)C(=O)N(c1cc(C)ccc1C)C2=O. The Morgan fingerprint density at radius 1 is 0.943 bits per heavy atom. The maximum absolute atomic E-state index is 13.1. The first kappa shape index (κ1) is 24.0. The predicted octanol–water partition coefficient (Wildman–Crippen LogP) is 4.56. The predicted molar refractivity (Wildman–Crippen MR) is 130 cm³/mol. The average molecular weight is 493 g/mol. The molecule has 9 heteroatoms. The molecule has 1 aliphatic rings. The summed E-state index contributed by atoms with van der Waals surface area (Å²) >= 11 is 5.95. The van der Waals surface area contributed by atoms with Crippen LogP contribution in [0.1, 0.15) is 42.2 Å². The fourth-order valence-electron chi connectivity index (χ4n) is 3.73. The minimum Gasteiger partial charge on any atom is -0.495 e. The molecule has 0 aliphatic carbocycles. The van der Waals surface area contributed by atoms with Crippen LogP contribution in [0.2, 0.25) is 5.02 Å². The van der Waals surface area contributed by atoms with Gasteiger partial charge < -0.3 is 14.8 Å². The third-order valence-electron chi connectivity index (χ3n) is 5.50. The number of hydrogen-bond donors (Lipinski definition) is 1. The summed E-state index contributed by atoms with van der Waals surface area (Å²) in [4.78, 5) is 51.9. The Morgan fingerprint density at radius 2 is 1.69 bits per heavy atom. The molecular weight excluding hydrogens is 472 g/mol. The number of rotatable bonds is 6. The first-order chi connectivity index (χ1) is 16.7. The molecule has 0 saturated carbocycles. The first-order valence-electron chi connectivity index (χ1n) is 10.6. The Balaban J connectivity index is 1.47. The molecule has 0 saturated heterocycles. The number of methoxy groups -OCH3 is 1. The Morgan fingerprint density at radius 3 is 2.43 bits per heavy atom. The molecule has 35 heavy (non-hydrogen) atoms. The van der Waals surface area contributed by atoms with Gasteiger partial charge in [-0.2, -0.15) is 0 Å². The number of hydrogen-bond acceptors (Lipinski definition) is 6. The molecule has 178 valence electrons. The maximum Gasteiger partial charge on any atom is 0.338 e. The maximum atomic E-state index is 13.1. The van der Waals surface area contributed by atoms with Crippen LogP contribution in [-0.4, -0.2) is 37.4 Å². The van der Waals surface area contributed by atoms with E-state index in [9.17, 15) is 19.2 Å². The van der Waals surface area contributed by atoms with Crippen molar-refractivity contribution in [2.24, 2.45) is 0 Å². The van der Waals surface area contributed by atoms with Gasteiger partial charge in [0.25, 0.3) is 17.7 Å². The van der Waals surface area contributed by atoms with Gasteiger partial charge in [0.15, 0.2) is 6.61 Å². The second-order valence-electron chi connectivity index (χ2n) is 7.96. The van der Waals surface area contributed by atoms with Crippen molar-refractivity contribution < 1.29 is 28.7 Å². The molecule has 1 N–H and O–H groups in total. The van der Waals surface area contributed by atoms with E-state index in [2.05, 4.69) is 5.32 Å². The number of fused-ring (bicyclic) bond motifs is 1. The minimum atomic E-state index is -0.813. The molecule has 3 aromatic carbocycles. The fourth-order valence-corrected chi connectivity index (χ4v) is 3.90. The lowest BCUT2D eigenvalue weighted by Crippen LogP contribution is -2.30. The van der Waals surface area contributed by atoms with Gasteiger partial charge in [-0.25, -0.2) is 9.69 Å². The summed E-state index contributed by atoms with van der Waals surface area (Å²) in [6, 6.07) is 14.3. The van der Waals surface area contributed by atoms with Crippen LogP contribution in [0.4, 0.5) is 11.4 Å². The van der Waals surface area contributed by atoms with Crippen LogP contribution in [-0.2, 0) is 9.53 Å². The van der Waals surface area contributed by atoms with Crippen molar-refractivity contribution in [2.45, 2.75) is 13.8 Å². The molecule has 1 aliphatic heterocycles. The molecule has 0 fully saturated rings. The van der Waals surface area contributed by atoms with Crippen LogP contribution >= 0.6 is 11.6 Å². The normalized spacial score (nSPS) is 12.4. The van der Waals surface area contributed by atoms with Crippen molar-refractivity contribution in [3.63, 3.8) is 0 Å². The van der Waals surface area contributed by atoms with Gasteiger partial charge in [0.1, 0.15) is 5.75 Å². The van der Waals surface area contributed by atoms with E-state index >= 15 is 0 Å². The van der Waals surface area contributed by atoms with Gasteiger partial charge in [-0.15, -0.1) is 0 Å². The average Bonchev–Trinajstić information content (AvgIpc) is 3.08. The number of nitrogens with zero attached hydrogens (tertiary/aromatic N) is 1. The van der Waals surface area contributed by atoms with Gasteiger partial charge in [0.05, 0.1) is 35.2 Å². The molecular formula is C26H21ClN2O6. The van der Waals surface area contributed by atoms with Crippen molar-refractivity contribution >= 4 is 46.7 Å². The second-order valence-corrected chi connectivity index (χ2v) is 8.40. The monoisotopic (exact) mass is 492 g/mol. The zero-order chi connectivity index (χ0) is 25.3. The van der Waals surface area contributed by atoms with Crippen LogP contribution in [0.15, 0.2) is 54.6 Å². The zero-order valence-corrected chi connectivity index (χ0v) is 19.9. The van der Waals surface area contributed by atoms with Crippen LogP contribution in [0.25, 0.3) is 0 Å². The number of esters is 1. The second kappa shape index (κ2) is 9.60. The molecule has 3 amide bonds. The number of imide groups is 1. The molecule has 3 aromatic rings. The van der Waals surface area contributed by atoms with Crippen LogP contribution in [0, 0.1) is 13.8 Å². The van der Waals surface area contributed by atoms with Gasteiger partial charge in [-0.05, 0) is 67.4 Å². The molecule has 0 atom stereocenters. The number of anilines is 2. The quantitative estimate of drug-likeness (QED) is 0.400. The topological polar surface area (TPSA) is 102 Å². The van der Waals surface area contributed by atoms with E-state index in [1.807, 2.05) is 26.0 Å². The number of carbonyl (C=O) groups excluding carboxylic acids is 4. The smallest absolute Gasteiger partial charge is 0.338 e. The third kappa shape index (κ3) is 4.74. The molecule has 8 nitrogen and oxygen atoms in total. The summed E-state index contributed by atoms with van der Waals surface area (Å²) in [5.41, 5.74) is 2.83. The Hall–Kier alpha value is -4.17. The standard InChI is InChI=1S/C26H21ClN2O6/c1-14-4-5-15(2)21(10-14)29-24(31)18-8-6-16(11-19(18)25(29)32)26(33)35-13-23(30)28-20-12-17(27)7-9-22(20)34-3/h4-12H,13H2,1-3H3,(H,28,30). The van der Waals surface area contributed by atoms with Gasteiger partial charge in [-0.1, -0.05) is 23.7 Å².